The number of anilines is 1. The number of ketones is 2. The summed E-state index contributed by atoms with van der Waals surface area (Å²) < 4.78 is 0.750. The molecule has 0 spiro atoms. The zero-order chi connectivity index (χ0) is 12.9. The highest BCUT2D eigenvalue weighted by atomic mass is 35.5. The summed E-state index contributed by atoms with van der Waals surface area (Å²) in [6, 6.07) is -0.511. The Morgan fingerprint density at radius 3 is 2.83 bits per heavy atom. The van der Waals surface area contributed by atoms with Crippen LogP contribution in [0.15, 0.2) is 23.8 Å². The van der Waals surface area contributed by atoms with Gasteiger partial charge < -0.3 is 5.32 Å². The van der Waals surface area contributed by atoms with Crippen molar-refractivity contribution in [1.82, 2.24) is 0 Å². The Labute approximate surface area is 117 Å². The molecule has 1 aliphatic heterocycles. The molecule has 1 aromatic rings. The van der Waals surface area contributed by atoms with E-state index in [0.29, 0.717) is 31.9 Å². The topological polar surface area (TPSA) is 46.2 Å². The summed E-state index contributed by atoms with van der Waals surface area (Å²) in [5.74, 6) is -0.203. The van der Waals surface area contributed by atoms with E-state index in [9.17, 15) is 9.59 Å². The third-order valence-electron chi connectivity index (χ3n) is 2.94. The zero-order valence-corrected chi connectivity index (χ0v) is 11.3. The number of nitrogens with one attached hydrogen (secondary N) is 1. The molecule has 0 fully saturated rings. The second kappa shape index (κ2) is 4.23. The molecular formula is C12H7Cl2NO2S. The molecule has 0 aromatic carbocycles. The van der Waals surface area contributed by atoms with Gasteiger partial charge in [0.1, 0.15) is 14.7 Å². The van der Waals surface area contributed by atoms with Crippen LogP contribution in [-0.4, -0.2) is 17.6 Å². The van der Waals surface area contributed by atoms with Gasteiger partial charge in [-0.2, -0.15) is 0 Å². The highest BCUT2D eigenvalue weighted by molar-refractivity contribution is 7.21. The van der Waals surface area contributed by atoms with Crippen molar-refractivity contribution in [1.29, 1.82) is 0 Å². The van der Waals surface area contributed by atoms with Crippen LogP contribution >= 0.6 is 34.5 Å². The highest BCUT2D eigenvalue weighted by Gasteiger charge is 2.32. The van der Waals surface area contributed by atoms with Gasteiger partial charge in [0.05, 0.1) is 11.3 Å². The summed E-state index contributed by atoms with van der Waals surface area (Å²) in [4.78, 5) is 24.0. The average molecular weight is 300 g/mol. The van der Waals surface area contributed by atoms with Crippen molar-refractivity contribution in [2.75, 3.05) is 5.32 Å². The lowest BCUT2D eigenvalue weighted by atomic mass is 9.94. The summed E-state index contributed by atoms with van der Waals surface area (Å²) in [6.07, 6.45) is 5.34. The fourth-order valence-electron chi connectivity index (χ4n) is 2.10. The number of halogens is 2. The molecule has 0 saturated heterocycles. The number of fused-ring (bicyclic) bond motifs is 2. The lowest BCUT2D eigenvalue weighted by Crippen LogP contribution is -2.32. The number of hydrogen-bond donors (Lipinski definition) is 1. The summed E-state index contributed by atoms with van der Waals surface area (Å²) in [7, 11) is 0. The van der Waals surface area contributed by atoms with Crippen molar-refractivity contribution in [2.24, 2.45) is 0 Å². The van der Waals surface area contributed by atoms with Crippen LogP contribution in [-0.2, 0) is 4.79 Å². The minimum absolute atomic E-state index is 0.0165. The molecule has 6 heteroatoms. The van der Waals surface area contributed by atoms with Crippen molar-refractivity contribution >= 4 is 51.8 Å². The maximum absolute atomic E-state index is 12.1. The molecule has 0 bridgehead atoms. The normalized spacial score (nSPS) is 21.9. The maximum atomic E-state index is 12.1. The first-order chi connectivity index (χ1) is 8.58. The van der Waals surface area contributed by atoms with E-state index in [2.05, 4.69) is 5.32 Å². The summed E-state index contributed by atoms with van der Waals surface area (Å²) >= 11 is 13.2. The third kappa shape index (κ3) is 1.72. The Morgan fingerprint density at radius 1 is 1.28 bits per heavy atom. The van der Waals surface area contributed by atoms with Gasteiger partial charge in [-0.15, -0.1) is 11.3 Å². The van der Waals surface area contributed by atoms with Gasteiger partial charge in [0.2, 0.25) is 0 Å². The first kappa shape index (κ1) is 12.0. The Hall–Kier alpha value is -1.10. The van der Waals surface area contributed by atoms with E-state index in [0.717, 1.165) is 11.3 Å². The third-order valence-corrected chi connectivity index (χ3v) is 4.55. The molecule has 1 atom stereocenters. The molecule has 1 unspecified atom stereocenters. The van der Waals surface area contributed by atoms with Crippen LogP contribution in [0.25, 0.3) is 0 Å². The molecule has 3 nitrogen and oxygen atoms in total. The van der Waals surface area contributed by atoms with Crippen LogP contribution in [0, 0.1) is 0 Å². The molecule has 1 aliphatic carbocycles. The van der Waals surface area contributed by atoms with Gasteiger partial charge in [0.25, 0.3) is 0 Å². The van der Waals surface area contributed by atoms with E-state index >= 15 is 0 Å². The molecule has 0 radical (unpaired) electrons. The lowest BCUT2D eigenvalue weighted by Gasteiger charge is -2.20. The second-order valence-corrected chi connectivity index (χ2v) is 6.28. The first-order valence-corrected chi connectivity index (χ1v) is 6.84. The fraction of sp³-hybridized carbons (Fsp3) is 0.167. The van der Waals surface area contributed by atoms with Gasteiger partial charge in [0.15, 0.2) is 11.6 Å². The van der Waals surface area contributed by atoms with Crippen LogP contribution in [0.3, 0.4) is 0 Å². The van der Waals surface area contributed by atoms with Crippen molar-refractivity contribution in [3.63, 3.8) is 0 Å². The molecule has 2 heterocycles. The second-order valence-electron chi connectivity index (χ2n) is 4.06. The maximum Gasteiger partial charge on any atom is 0.190 e. The first-order valence-electron chi connectivity index (χ1n) is 5.27. The van der Waals surface area contributed by atoms with E-state index in [4.69, 9.17) is 23.2 Å². The molecule has 92 valence electrons. The van der Waals surface area contributed by atoms with Crippen LogP contribution in [0.4, 0.5) is 5.69 Å². The number of allylic oxidation sites excluding steroid dienone is 2. The highest BCUT2D eigenvalue weighted by Crippen LogP contribution is 2.43. The van der Waals surface area contributed by atoms with E-state index in [1.54, 1.807) is 12.2 Å². The standard InChI is InChI=1S/C12H7Cl2NO2S/c13-11-8-7(17)4-5-2-1-3-6(16)9(5)15-10(8)12(14)18-11/h1-2,4,9,15H,3H2. The number of hydrogen-bond acceptors (Lipinski definition) is 4. The predicted octanol–water partition coefficient (Wildman–Crippen LogP) is 3.49. The Balaban J connectivity index is 2.19. The predicted molar refractivity (Wildman–Crippen MR) is 72.9 cm³/mol. The van der Waals surface area contributed by atoms with Gasteiger partial charge in [-0.3, -0.25) is 9.59 Å². The van der Waals surface area contributed by atoms with Gasteiger partial charge in [-0.25, -0.2) is 0 Å². The molecule has 3 rings (SSSR count). The number of Topliss-reactive ketones (excluding diaryl/α,β-unsaturated/α-hetero) is 1. The molecule has 0 saturated carbocycles. The summed E-state index contributed by atoms with van der Waals surface area (Å²) in [6.45, 7) is 0. The van der Waals surface area contributed by atoms with Crippen LogP contribution < -0.4 is 5.32 Å². The number of rotatable bonds is 0. The Morgan fingerprint density at radius 2 is 2.06 bits per heavy atom. The minimum Gasteiger partial charge on any atom is -0.369 e. The fourth-order valence-corrected chi connectivity index (χ4v) is 3.74. The van der Waals surface area contributed by atoms with E-state index < -0.39 is 6.04 Å². The van der Waals surface area contributed by atoms with E-state index in [-0.39, 0.29) is 11.6 Å². The van der Waals surface area contributed by atoms with Crippen molar-refractivity contribution in [3.05, 3.63) is 38.0 Å². The van der Waals surface area contributed by atoms with Crippen LogP contribution in [0.5, 0.6) is 0 Å². The number of carbonyl (C=O) groups excluding carboxylic acids is 2. The smallest absolute Gasteiger partial charge is 0.190 e. The minimum atomic E-state index is -0.511. The monoisotopic (exact) mass is 299 g/mol. The van der Waals surface area contributed by atoms with Gasteiger partial charge in [0, 0.05) is 6.42 Å². The quantitative estimate of drug-likeness (QED) is 0.798. The largest absolute Gasteiger partial charge is 0.369 e. The zero-order valence-electron chi connectivity index (χ0n) is 9.00. The van der Waals surface area contributed by atoms with Crippen molar-refractivity contribution < 1.29 is 9.59 Å². The molecular weight excluding hydrogens is 293 g/mol. The van der Waals surface area contributed by atoms with Gasteiger partial charge >= 0.3 is 0 Å². The van der Waals surface area contributed by atoms with E-state index in [1.165, 1.54) is 6.08 Å². The van der Waals surface area contributed by atoms with Crippen LogP contribution in [0.1, 0.15) is 16.8 Å². The van der Waals surface area contributed by atoms with Gasteiger partial charge in [-0.05, 0) is 11.6 Å². The molecule has 1 aromatic heterocycles. The molecule has 0 amide bonds. The molecule has 2 aliphatic rings. The number of thiophene rings is 1. The average Bonchev–Trinajstić information content (AvgIpc) is 2.50. The van der Waals surface area contributed by atoms with E-state index in [1.807, 2.05) is 0 Å². The summed E-state index contributed by atoms with van der Waals surface area (Å²) in [5, 5.41) is 3.03. The van der Waals surface area contributed by atoms with Crippen molar-refractivity contribution in [2.45, 2.75) is 12.5 Å². The number of carbonyl (C=O) groups is 2. The van der Waals surface area contributed by atoms with Crippen LogP contribution in [0.2, 0.25) is 8.67 Å². The molecule has 18 heavy (non-hydrogen) atoms. The van der Waals surface area contributed by atoms with Crippen molar-refractivity contribution in [3.8, 4) is 0 Å². The van der Waals surface area contributed by atoms with Gasteiger partial charge in [-0.1, -0.05) is 35.4 Å². The molecule has 1 N–H and O–H groups in total. The lowest BCUT2D eigenvalue weighted by molar-refractivity contribution is -0.118. The SMILES string of the molecule is O=C1C=C2C=CCC(=O)C2Nc2c(Cl)sc(Cl)c21. The summed E-state index contributed by atoms with van der Waals surface area (Å²) in [5.41, 5.74) is 1.48. The Kier molecular flexibility index (Phi) is 2.81. The Bertz CT molecular complexity index is 630.